The van der Waals surface area contributed by atoms with Crippen LogP contribution in [0, 0.1) is 0 Å². The summed E-state index contributed by atoms with van der Waals surface area (Å²) in [4.78, 5) is 28.9. The standard InChI is InChI=1S/C32H40ClN3O4S/c1-5-7-21-34-32(38)30(6-2)35(22-26-13-11-12-16-29(26)33)31(37)23-36(27-19-17-25(18-20-27)24(3)4)41(39,40)28-14-9-8-10-15-28/h8-20,24,30H,5-7,21-23H2,1-4H3,(H,34,38). The minimum Gasteiger partial charge on any atom is -0.354 e. The third-order valence-electron chi connectivity index (χ3n) is 6.97. The van der Waals surface area contributed by atoms with Crippen LogP contribution < -0.4 is 9.62 Å². The molecule has 1 unspecified atom stereocenters. The summed E-state index contributed by atoms with van der Waals surface area (Å²) in [5.74, 6) is -0.525. The molecule has 220 valence electrons. The van der Waals surface area contributed by atoms with E-state index in [0.29, 0.717) is 29.2 Å². The molecule has 0 aliphatic heterocycles. The molecule has 0 heterocycles. The SMILES string of the molecule is CCCCNC(=O)C(CC)N(Cc1ccccc1Cl)C(=O)CN(c1ccc(C(C)C)cc1)S(=O)(=O)c1ccccc1. The number of amides is 2. The number of benzene rings is 3. The molecule has 0 aliphatic carbocycles. The molecule has 1 atom stereocenters. The first-order chi connectivity index (χ1) is 19.6. The fourth-order valence-electron chi connectivity index (χ4n) is 4.51. The van der Waals surface area contributed by atoms with Gasteiger partial charge in [0.05, 0.1) is 10.6 Å². The van der Waals surface area contributed by atoms with Crippen LogP contribution in [0.3, 0.4) is 0 Å². The maximum atomic E-state index is 14.1. The number of nitrogens with zero attached hydrogens (tertiary/aromatic N) is 2. The van der Waals surface area contributed by atoms with Gasteiger partial charge in [0.1, 0.15) is 12.6 Å². The minimum absolute atomic E-state index is 0.0592. The smallest absolute Gasteiger partial charge is 0.264 e. The molecule has 9 heteroatoms. The lowest BCUT2D eigenvalue weighted by atomic mass is 10.0. The van der Waals surface area contributed by atoms with Crippen LogP contribution in [0.4, 0.5) is 5.69 Å². The van der Waals surface area contributed by atoms with Gasteiger partial charge in [0.15, 0.2) is 0 Å². The first-order valence-corrected chi connectivity index (χ1v) is 15.9. The number of carbonyl (C=O) groups excluding carboxylic acids is 2. The number of halogens is 1. The Hall–Kier alpha value is -3.36. The monoisotopic (exact) mass is 597 g/mol. The van der Waals surface area contributed by atoms with Gasteiger partial charge in [-0.05, 0) is 60.2 Å². The summed E-state index contributed by atoms with van der Waals surface area (Å²) in [7, 11) is -4.11. The van der Waals surface area contributed by atoms with E-state index in [1.807, 2.05) is 32.0 Å². The van der Waals surface area contributed by atoms with Gasteiger partial charge in [-0.1, -0.05) is 94.2 Å². The van der Waals surface area contributed by atoms with Crippen molar-refractivity contribution in [3.63, 3.8) is 0 Å². The van der Waals surface area contributed by atoms with E-state index in [-0.39, 0.29) is 23.3 Å². The quantitative estimate of drug-likeness (QED) is 0.218. The number of nitrogens with one attached hydrogen (secondary N) is 1. The van der Waals surface area contributed by atoms with E-state index in [2.05, 4.69) is 19.2 Å². The number of hydrogen-bond donors (Lipinski definition) is 1. The van der Waals surface area contributed by atoms with E-state index in [9.17, 15) is 18.0 Å². The number of sulfonamides is 1. The van der Waals surface area contributed by atoms with Gasteiger partial charge in [-0.3, -0.25) is 13.9 Å². The van der Waals surface area contributed by atoms with E-state index in [0.717, 1.165) is 22.7 Å². The van der Waals surface area contributed by atoms with Gasteiger partial charge in [-0.25, -0.2) is 8.42 Å². The Labute approximate surface area is 249 Å². The van der Waals surface area contributed by atoms with Crippen molar-refractivity contribution in [3.8, 4) is 0 Å². The van der Waals surface area contributed by atoms with Crippen molar-refractivity contribution < 1.29 is 18.0 Å². The number of rotatable bonds is 14. The highest BCUT2D eigenvalue weighted by atomic mass is 35.5. The highest BCUT2D eigenvalue weighted by Crippen LogP contribution is 2.27. The fourth-order valence-corrected chi connectivity index (χ4v) is 6.14. The molecule has 0 fully saturated rings. The molecule has 0 saturated carbocycles. The average molecular weight is 598 g/mol. The average Bonchev–Trinajstić information content (AvgIpc) is 2.97. The molecule has 0 bridgehead atoms. The Kier molecular flexibility index (Phi) is 11.8. The maximum Gasteiger partial charge on any atom is 0.264 e. The number of carbonyl (C=O) groups is 2. The molecule has 0 radical (unpaired) electrons. The number of unbranched alkanes of at least 4 members (excludes halogenated alkanes) is 1. The van der Waals surface area contributed by atoms with Gasteiger partial charge in [0.2, 0.25) is 11.8 Å². The molecule has 0 saturated heterocycles. The van der Waals surface area contributed by atoms with Gasteiger partial charge in [0.25, 0.3) is 10.0 Å². The molecule has 1 N–H and O–H groups in total. The van der Waals surface area contributed by atoms with Crippen molar-refractivity contribution >= 4 is 39.1 Å². The van der Waals surface area contributed by atoms with E-state index >= 15 is 0 Å². The number of hydrogen-bond acceptors (Lipinski definition) is 4. The zero-order valence-corrected chi connectivity index (χ0v) is 25.8. The molecule has 41 heavy (non-hydrogen) atoms. The van der Waals surface area contributed by atoms with Crippen molar-refractivity contribution in [2.24, 2.45) is 0 Å². The Bertz CT molecular complexity index is 1400. The number of anilines is 1. The summed E-state index contributed by atoms with van der Waals surface area (Å²) in [6.45, 7) is 8.05. The third-order valence-corrected chi connectivity index (χ3v) is 9.13. The summed E-state index contributed by atoms with van der Waals surface area (Å²) < 4.78 is 29.0. The predicted octanol–water partition coefficient (Wildman–Crippen LogP) is 6.38. The second kappa shape index (κ2) is 15.0. The lowest BCUT2D eigenvalue weighted by molar-refractivity contribution is -0.140. The summed E-state index contributed by atoms with van der Waals surface area (Å²) in [5, 5.41) is 3.39. The molecular formula is C32H40ClN3O4S. The summed E-state index contributed by atoms with van der Waals surface area (Å²) >= 11 is 6.45. The molecule has 0 aromatic heterocycles. The second-order valence-electron chi connectivity index (χ2n) is 10.3. The van der Waals surface area contributed by atoms with Crippen LogP contribution in [0.25, 0.3) is 0 Å². The van der Waals surface area contributed by atoms with E-state index in [4.69, 9.17) is 11.6 Å². The van der Waals surface area contributed by atoms with Gasteiger partial charge in [-0.2, -0.15) is 0 Å². The molecule has 0 spiro atoms. The molecular weight excluding hydrogens is 558 g/mol. The van der Waals surface area contributed by atoms with Crippen molar-refractivity contribution in [1.82, 2.24) is 10.2 Å². The van der Waals surface area contributed by atoms with Crippen LogP contribution in [-0.2, 0) is 26.2 Å². The van der Waals surface area contributed by atoms with E-state index in [1.54, 1.807) is 48.5 Å². The van der Waals surface area contributed by atoms with Gasteiger partial charge >= 0.3 is 0 Å². The van der Waals surface area contributed by atoms with Crippen LogP contribution in [-0.4, -0.2) is 44.3 Å². The van der Waals surface area contributed by atoms with Crippen LogP contribution in [0.2, 0.25) is 5.02 Å². The van der Waals surface area contributed by atoms with Crippen LogP contribution in [0.1, 0.15) is 64.0 Å². The summed E-state index contributed by atoms with van der Waals surface area (Å²) in [5.41, 5.74) is 2.08. The highest BCUT2D eigenvalue weighted by molar-refractivity contribution is 7.92. The predicted molar refractivity (Wildman–Crippen MR) is 166 cm³/mol. The van der Waals surface area contributed by atoms with Crippen molar-refractivity contribution in [2.75, 3.05) is 17.4 Å². The third kappa shape index (κ3) is 8.33. The first-order valence-electron chi connectivity index (χ1n) is 14.1. The lowest BCUT2D eigenvalue weighted by Gasteiger charge is -2.33. The van der Waals surface area contributed by atoms with Crippen molar-refractivity contribution in [2.45, 2.75) is 70.4 Å². The molecule has 0 aliphatic rings. The zero-order valence-electron chi connectivity index (χ0n) is 24.2. The fraction of sp³-hybridized carbons (Fsp3) is 0.375. The topological polar surface area (TPSA) is 86.8 Å². The van der Waals surface area contributed by atoms with E-state index in [1.165, 1.54) is 17.0 Å². The van der Waals surface area contributed by atoms with Gasteiger partial charge in [-0.15, -0.1) is 0 Å². The van der Waals surface area contributed by atoms with Gasteiger partial charge in [0, 0.05) is 18.1 Å². The van der Waals surface area contributed by atoms with Crippen molar-refractivity contribution in [1.29, 1.82) is 0 Å². The molecule has 3 rings (SSSR count). The molecule has 3 aromatic rings. The summed E-state index contributed by atoms with van der Waals surface area (Å²) in [6.07, 6.45) is 2.08. The normalized spacial score (nSPS) is 12.1. The second-order valence-corrected chi connectivity index (χ2v) is 12.5. The highest BCUT2D eigenvalue weighted by Gasteiger charge is 2.33. The van der Waals surface area contributed by atoms with Crippen LogP contribution >= 0.6 is 11.6 Å². The minimum atomic E-state index is -4.11. The lowest BCUT2D eigenvalue weighted by Crippen LogP contribution is -2.52. The Morgan fingerprint density at radius 2 is 1.54 bits per heavy atom. The Morgan fingerprint density at radius 1 is 0.902 bits per heavy atom. The largest absolute Gasteiger partial charge is 0.354 e. The van der Waals surface area contributed by atoms with Crippen LogP contribution in [0.5, 0.6) is 0 Å². The maximum absolute atomic E-state index is 14.1. The molecule has 2 amide bonds. The molecule has 3 aromatic carbocycles. The summed E-state index contributed by atoms with van der Waals surface area (Å²) in [6, 6.07) is 21.5. The first kappa shape index (κ1) is 32.2. The molecule has 7 nitrogen and oxygen atoms in total. The van der Waals surface area contributed by atoms with Crippen molar-refractivity contribution in [3.05, 3.63) is 95.0 Å². The van der Waals surface area contributed by atoms with Crippen LogP contribution in [0.15, 0.2) is 83.8 Å². The Morgan fingerprint density at radius 3 is 2.12 bits per heavy atom. The van der Waals surface area contributed by atoms with Gasteiger partial charge < -0.3 is 10.2 Å². The Balaban J connectivity index is 2.05. The van der Waals surface area contributed by atoms with E-state index < -0.39 is 28.5 Å². The zero-order chi connectivity index (χ0) is 30.0.